The highest BCUT2D eigenvalue weighted by molar-refractivity contribution is 5.81. The molecular formula is C34H34N2O7. The van der Waals surface area contributed by atoms with Gasteiger partial charge in [-0.25, -0.2) is 4.79 Å². The van der Waals surface area contributed by atoms with Crippen molar-refractivity contribution in [2.24, 2.45) is 0 Å². The van der Waals surface area contributed by atoms with Gasteiger partial charge in [0, 0.05) is 24.6 Å². The van der Waals surface area contributed by atoms with Gasteiger partial charge in [0.25, 0.3) is 5.56 Å². The molecule has 1 fully saturated rings. The Hall–Kier alpha value is -4.60. The lowest BCUT2D eigenvalue weighted by molar-refractivity contribution is -0.156. The van der Waals surface area contributed by atoms with Gasteiger partial charge in [0.05, 0.1) is 13.0 Å². The highest BCUT2D eigenvalue weighted by Gasteiger charge is 2.43. The molecule has 4 aromatic rings. The number of nitrogens with zero attached hydrogens (tertiary/aromatic N) is 1. The molecule has 0 amide bonds. The van der Waals surface area contributed by atoms with Crippen LogP contribution in [0.4, 0.5) is 0 Å². The van der Waals surface area contributed by atoms with Crippen LogP contribution in [0.5, 0.6) is 0 Å². The van der Waals surface area contributed by atoms with E-state index in [1.807, 2.05) is 91.0 Å². The quantitative estimate of drug-likeness (QED) is 0.206. The van der Waals surface area contributed by atoms with Crippen molar-refractivity contribution in [1.82, 2.24) is 9.55 Å². The number of Topliss-reactive ketones (excluding diaryl/α,β-unsaturated/α-hetero) is 1. The van der Waals surface area contributed by atoms with Gasteiger partial charge in [-0.2, -0.15) is 0 Å². The molecule has 0 aliphatic carbocycles. The van der Waals surface area contributed by atoms with Crippen LogP contribution in [0.2, 0.25) is 0 Å². The summed E-state index contributed by atoms with van der Waals surface area (Å²) in [6, 6.07) is 29.5. The van der Waals surface area contributed by atoms with Crippen LogP contribution in [0.1, 0.15) is 54.7 Å². The molecule has 5 rings (SSSR count). The number of hydrogen-bond acceptors (Lipinski definition) is 7. The molecule has 0 unspecified atom stereocenters. The van der Waals surface area contributed by atoms with Crippen LogP contribution in [0.3, 0.4) is 0 Å². The first-order chi connectivity index (χ1) is 20.8. The molecule has 3 aromatic carbocycles. The van der Waals surface area contributed by atoms with E-state index < -0.39 is 41.3 Å². The first kappa shape index (κ1) is 29.9. The zero-order valence-corrected chi connectivity index (χ0v) is 24.1. The van der Waals surface area contributed by atoms with Crippen LogP contribution in [0, 0.1) is 6.92 Å². The number of nitrogens with one attached hydrogen (secondary N) is 1. The molecule has 1 saturated heterocycles. The van der Waals surface area contributed by atoms with E-state index in [2.05, 4.69) is 4.98 Å². The van der Waals surface area contributed by atoms with Crippen LogP contribution in [-0.4, -0.2) is 40.1 Å². The van der Waals surface area contributed by atoms with E-state index in [0.717, 1.165) is 16.7 Å². The summed E-state index contributed by atoms with van der Waals surface area (Å²) < 4.78 is 20.4. The number of H-pyrrole nitrogens is 1. The minimum Gasteiger partial charge on any atom is -0.459 e. The Kier molecular flexibility index (Phi) is 9.13. The Morgan fingerprint density at radius 1 is 0.884 bits per heavy atom. The molecule has 1 aliphatic rings. The van der Waals surface area contributed by atoms with Crippen LogP contribution in [0.15, 0.2) is 107 Å². The van der Waals surface area contributed by atoms with Crippen molar-refractivity contribution in [1.29, 1.82) is 0 Å². The van der Waals surface area contributed by atoms with Gasteiger partial charge in [-0.15, -0.1) is 0 Å². The summed E-state index contributed by atoms with van der Waals surface area (Å²) in [7, 11) is 0. The molecule has 9 nitrogen and oxygen atoms in total. The number of ketones is 1. The van der Waals surface area contributed by atoms with Crippen molar-refractivity contribution in [2.75, 3.05) is 6.61 Å². The molecule has 0 spiro atoms. The van der Waals surface area contributed by atoms with Crippen molar-refractivity contribution in [3.63, 3.8) is 0 Å². The number of ether oxygens (including phenoxy) is 3. The van der Waals surface area contributed by atoms with Gasteiger partial charge in [-0.05, 0) is 30.5 Å². The van der Waals surface area contributed by atoms with Crippen LogP contribution in [-0.2, 0) is 29.4 Å². The van der Waals surface area contributed by atoms with E-state index in [9.17, 15) is 19.2 Å². The number of rotatable bonds is 11. The molecule has 0 radical (unpaired) electrons. The minimum atomic E-state index is -1.04. The monoisotopic (exact) mass is 582 g/mol. The summed E-state index contributed by atoms with van der Waals surface area (Å²) in [6.07, 6.45) is -0.767. The van der Waals surface area contributed by atoms with E-state index in [0.29, 0.717) is 5.56 Å². The van der Waals surface area contributed by atoms with Gasteiger partial charge in [0.2, 0.25) is 0 Å². The maximum atomic E-state index is 12.7. The molecular weight excluding hydrogens is 548 g/mol. The second kappa shape index (κ2) is 13.1. The van der Waals surface area contributed by atoms with Gasteiger partial charge in [-0.3, -0.25) is 19.1 Å². The highest BCUT2D eigenvalue weighted by Crippen LogP contribution is 2.42. The fourth-order valence-electron chi connectivity index (χ4n) is 5.43. The maximum absolute atomic E-state index is 12.7. The van der Waals surface area contributed by atoms with Gasteiger partial charge in [0.15, 0.2) is 0 Å². The fraction of sp³-hybridized carbons (Fsp3) is 0.294. The third-order valence-electron chi connectivity index (χ3n) is 7.61. The average Bonchev–Trinajstić information content (AvgIpc) is 3.41. The van der Waals surface area contributed by atoms with E-state index >= 15 is 0 Å². The molecule has 0 bridgehead atoms. The third-order valence-corrected chi connectivity index (χ3v) is 7.61. The number of aryl methyl sites for hydroxylation is 1. The highest BCUT2D eigenvalue weighted by atomic mass is 16.6. The molecule has 1 N–H and O–H groups in total. The number of aromatic amines is 1. The Bertz CT molecular complexity index is 1570. The second-order valence-corrected chi connectivity index (χ2v) is 10.7. The zero-order valence-electron chi connectivity index (χ0n) is 24.1. The van der Waals surface area contributed by atoms with Crippen molar-refractivity contribution in [2.45, 2.75) is 57.1 Å². The average molecular weight is 583 g/mol. The Morgan fingerprint density at radius 3 is 1.93 bits per heavy atom. The SMILES string of the molecule is CC(=O)CCC(=O)O[C@@H]1C[C@@H](n2cc(C)c(=O)[nH]c2=O)O[C@@H]1COC(c1ccccc1)(c1ccccc1)c1ccccc1. The predicted molar refractivity (Wildman–Crippen MR) is 160 cm³/mol. The lowest BCUT2D eigenvalue weighted by Crippen LogP contribution is -2.39. The van der Waals surface area contributed by atoms with Gasteiger partial charge in [0.1, 0.15) is 29.8 Å². The number of hydrogen-bond donors (Lipinski definition) is 1. The van der Waals surface area contributed by atoms with Crippen molar-refractivity contribution in [3.8, 4) is 0 Å². The standard InChI is InChI=1S/C34H34N2O7/c1-23-21-36(33(40)35-32(23)39)30-20-28(43-31(38)19-18-24(2)37)29(42-30)22-41-34(25-12-6-3-7-13-25,26-14-8-4-9-15-26)27-16-10-5-11-17-27/h3-17,21,28-30H,18-20,22H2,1-2H3,(H,35,39,40)/t28-,29-,30+/m1/s1. The molecule has 0 saturated carbocycles. The summed E-state index contributed by atoms with van der Waals surface area (Å²) in [5.41, 5.74) is 0.869. The normalized spacial score (nSPS) is 18.3. The van der Waals surface area contributed by atoms with Gasteiger partial charge < -0.3 is 19.0 Å². The van der Waals surface area contributed by atoms with Crippen LogP contribution < -0.4 is 11.2 Å². The largest absolute Gasteiger partial charge is 0.459 e. The van der Waals surface area contributed by atoms with Crippen LogP contribution >= 0.6 is 0 Å². The molecule has 9 heteroatoms. The molecule has 2 heterocycles. The number of esters is 1. The summed E-state index contributed by atoms with van der Waals surface area (Å²) >= 11 is 0. The first-order valence-electron chi connectivity index (χ1n) is 14.2. The number of carbonyl (C=O) groups is 2. The van der Waals surface area contributed by atoms with E-state index in [-0.39, 0.29) is 31.7 Å². The smallest absolute Gasteiger partial charge is 0.330 e. The molecule has 3 atom stereocenters. The summed E-state index contributed by atoms with van der Waals surface area (Å²) in [5, 5.41) is 0. The summed E-state index contributed by atoms with van der Waals surface area (Å²) in [6.45, 7) is 3.01. The Labute approximate surface area is 249 Å². The van der Waals surface area contributed by atoms with E-state index in [1.54, 1.807) is 6.92 Å². The van der Waals surface area contributed by atoms with Crippen molar-refractivity contribution >= 4 is 11.8 Å². The number of aromatic nitrogens is 2. The summed E-state index contributed by atoms with van der Waals surface area (Å²) in [4.78, 5) is 51.2. The van der Waals surface area contributed by atoms with Crippen molar-refractivity contribution in [3.05, 3.63) is 140 Å². The lowest BCUT2D eigenvalue weighted by Gasteiger charge is -2.37. The number of benzene rings is 3. The molecule has 43 heavy (non-hydrogen) atoms. The van der Waals surface area contributed by atoms with Gasteiger partial charge in [-0.1, -0.05) is 91.0 Å². The minimum absolute atomic E-state index is 0.00305. The zero-order chi connectivity index (χ0) is 30.4. The van der Waals surface area contributed by atoms with Gasteiger partial charge >= 0.3 is 11.7 Å². The first-order valence-corrected chi connectivity index (χ1v) is 14.2. The second-order valence-electron chi connectivity index (χ2n) is 10.7. The fourth-order valence-corrected chi connectivity index (χ4v) is 5.43. The summed E-state index contributed by atoms with van der Waals surface area (Å²) in [5.74, 6) is -0.661. The molecule has 1 aromatic heterocycles. The maximum Gasteiger partial charge on any atom is 0.330 e. The van der Waals surface area contributed by atoms with Crippen molar-refractivity contribution < 1.29 is 23.8 Å². The van der Waals surface area contributed by atoms with E-state index in [4.69, 9.17) is 14.2 Å². The third kappa shape index (κ3) is 6.58. The molecule has 1 aliphatic heterocycles. The van der Waals surface area contributed by atoms with E-state index in [1.165, 1.54) is 17.7 Å². The Morgan fingerprint density at radius 2 is 1.42 bits per heavy atom. The predicted octanol–water partition coefficient (Wildman–Crippen LogP) is 4.42. The lowest BCUT2D eigenvalue weighted by atomic mass is 9.80. The molecule has 222 valence electrons. The van der Waals surface area contributed by atoms with Crippen LogP contribution in [0.25, 0.3) is 0 Å². The Balaban J connectivity index is 1.52. The number of carbonyl (C=O) groups excluding carboxylic acids is 2. The topological polar surface area (TPSA) is 117 Å².